The first-order chi connectivity index (χ1) is 12.2. The second-order valence-corrected chi connectivity index (χ2v) is 6.07. The quantitative estimate of drug-likeness (QED) is 0.471. The van der Waals surface area contributed by atoms with Crippen LogP contribution in [-0.2, 0) is 12.8 Å². The van der Waals surface area contributed by atoms with Crippen molar-refractivity contribution < 1.29 is 9.50 Å². The number of hydrazine groups is 1. The molecule has 0 radical (unpaired) electrons. The van der Waals surface area contributed by atoms with Crippen LogP contribution in [-0.4, -0.2) is 5.11 Å². The zero-order valence-corrected chi connectivity index (χ0v) is 13.8. The smallest absolute Gasteiger partial charge is 0.123 e. The molecule has 0 heterocycles. The van der Waals surface area contributed by atoms with Gasteiger partial charge in [-0.3, -0.25) is 5.84 Å². The largest absolute Gasteiger partial charge is 0.388 e. The van der Waals surface area contributed by atoms with E-state index in [-0.39, 0.29) is 5.82 Å². The molecule has 0 saturated heterocycles. The van der Waals surface area contributed by atoms with Crippen LogP contribution < -0.4 is 11.3 Å². The molecule has 3 aromatic carbocycles. The Kier molecular flexibility index (Phi) is 5.43. The zero-order chi connectivity index (χ0) is 17.6. The van der Waals surface area contributed by atoms with Gasteiger partial charge in [0.25, 0.3) is 0 Å². The van der Waals surface area contributed by atoms with E-state index in [0.29, 0.717) is 12.8 Å². The van der Waals surface area contributed by atoms with Crippen LogP contribution in [0.3, 0.4) is 0 Å². The fourth-order valence-corrected chi connectivity index (χ4v) is 2.89. The van der Waals surface area contributed by atoms with Crippen LogP contribution in [0.5, 0.6) is 0 Å². The summed E-state index contributed by atoms with van der Waals surface area (Å²) in [6, 6.07) is 22.0. The van der Waals surface area contributed by atoms with E-state index in [4.69, 9.17) is 5.84 Å². The molecule has 25 heavy (non-hydrogen) atoms. The number of rotatable bonds is 6. The standard InChI is InChI=1S/C21H21FN2O/c22-19-9-6-16(7-10-19)12-18-14-17(8-11-20(18)24-23)21(25)13-15-4-2-1-3-5-15/h1-11,14,21,24-25H,12-13,23H2. The molecule has 4 N–H and O–H groups in total. The molecule has 128 valence electrons. The van der Waals surface area contributed by atoms with E-state index in [1.165, 1.54) is 12.1 Å². The first-order valence-corrected chi connectivity index (χ1v) is 8.21. The van der Waals surface area contributed by atoms with Crippen molar-refractivity contribution in [2.75, 3.05) is 5.43 Å². The number of hydrogen-bond donors (Lipinski definition) is 3. The van der Waals surface area contributed by atoms with Gasteiger partial charge in [0.15, 0.2) is 0 Å². The van der Waals surface area contributed by atoms with Crippen molar-refractivity contribution in [1.29, 1.82) is 0 Å². The van der Waals surface area contributed by atoms with Gasteiger partial charge in [0, 0.05) is 6.42 Å². The summed E-state index contributed by atoms with van der Waals surface area (Å²) < 4.78 is 13.1. The van der Waals surface area contributed by atoms with Crippen LogP contribution in [0.4, 0.5) is 10.1 Å². The first kappa shape index (κ1) is 17.1. The minimum Gasteiger partial charge on any atom is -0.388 e. The van der Waals surface area contributed by atoms with Gasteiger partial charge in [0.1, 0.15) is 5.82 Å². The zero-order valence-electron chi connectivity index (χ0n) is 13.8. The molecule has 0 aromatic heterocycles. The Morgan fingerprint density at radius 1 is 0.920 bits per heavy atom. The molecule has 0 aliphatic rings. The van der Waals surface area contributed by atoms with E-state index in [1.807, 2.05) is 48.5 Å². The topological polar surface area (TPSA) is 58.3 Å². The molecule has 1 atom stereocenters. The number of nitrogens with two attached hydrogens (primary N) is 1. The summed E-state index contributed by atoms with van der Waals surface area (Å²) in [6.45, 7) is 0. The van der Waals surface area contributed by atoms with Gasteiger partial charge < -0.3 is 10.5 Å². The number of anilines is 1. The molecule has 0 spiro atoms. The van der Waals surface area contributed by atoms with Crippen molar-refractivity contribution in [2.45, 2.75) is 18.9 Å². The third kappa shape index (κ3) is 4.44. The lowest BCUT2D eigenvalue weighted by Gasteiger charge is -2.16. The fraction of sp³-hybridized carbons (Fsp3) is 0.143. The minimum absolute atomic E-state index is 0.257. The molecule has 0 fully saturated rings. The monoisotopic (exact) mass is 336 g/mol. The fourth-order valence-electron chi connectivity index (χ4n) is 2.89. The molecule has 0 amide bonds. The molecule has 0 aliphatic carbocycles. The van der Waals surface area contributed by atoms with Gasteiger partial charge in [0.2, 0.25) is 0 Å². The summed E-state index contributed by atoms with van der Waals surface area (Å²) in [5, 5.41) is 10.6. The third-order valence-electron chi connectivity index (χ3n) is 4.25. The van der Waals surface area contributed by atoms with Gasteiger partial charge in [-0.25, -0.2) is 4.39 Å². The second kappa shape index (κ2) is 7.92. The Morgan fingerprint density at radius 2 is 1.64 bits per heavy atom. The van der Waals surface area contributed by atoms with Gasteiger partial charge >= 0.3 is 0 Å². The lowest BCUT2D eigenvalue weighted by Crippen LogP contribution is -2.11. The van der Waals surface area contributed by atoms with Crippen molar-refractivity contribution >= 4 is 5.69 Å². The highest BCUT2D eigenvalue weighted by Gasteiger charge is 2.12. The van der Waals surface area contributed by atoms with Gasteiger partial charge in [0.05, 0.1) is 11.8 Å². The third-order valence-corrected chi connectivity index (χ3v) is 4.25. The number of nitrogen functional groups attached to an aromatic ring is 1. The molecule has 1 unspecified atom stereocenters. The summed E-state index contributed by atoms with van der Waals surface area (Å²) in [6.07, 6.45) is 0.555. The molecule has 0 saturated carbocycles. The normalized spacial score (nSPS) is 12.0. The van der Waals surface area contributed by atoms with Crippen LogP contribution in [0.25, 0.3) is 0 Å². The maximum atomic E-state index is 13.1. The maximum Gasteiger partial charge on any atom is 0.123 e. The Labute approximate surface area is 146 Å². The number of hydrogen-bond acceptors (Lipinski definition) is 3. The molecule has 3 aromatic rings. The number of aliphatic hydroxyl groups is 1. The van der Waals surface area contributed by atoms with Crippen LogP contribution >= 0.6 is 0 Å². The summed E-state index contributed by atoms with van der Waals surface area (Å²) in [4.78, 5) is 0. The highest BCUT2D eigenvalue weighted by molar-refractivity contribution is 5.54. The predicted molar refractivity (Wildman–Crippen MR) is 98.6 cm³/mol. The number of halogens is 1. The molecule has 4 heteroatoms. The molecule has 0 bridgehead atoms. The van der Waals surface area contributed by atoms with E-state index < -0.39 is 6.10 Å². The van der Waals surface area contributed by atoms with Crippen LogP contribution in [0.1, 0.15) is 28.4 Å². The van der Waals surface area contributed by atoms with E-state index in [0.717, 1.165) is 27.9 Å². The van der Waals surface area contributed by atoms with E-state index in [2.05, 4.69) is 5.43 Å². The maximum absolute atomic E-state index is 13.1. The lowest BCUT2D eigenvalue weighted by molar-refractivity contribution is 0.178. The van der Waals surface area contributed by atoms with Crippen LogP contribution in [0.2, 0.25) is 0 Å². The molecule has 3 rings (SSSR count). The van der Waals surface area contributed by atoms with E-state index in [1.54, 1.807) is 12.1 Å². The van der Waals surface area contributed by atoms with Gasteiger partial charge in [-0.1, -0.05) is 54.6 Å². The Hall–Kier alpha value is -2.69. The summed E-state index contributed by atoms with van der Waals surface area (Å²) in [7, 11) is 0. The van der Waals surface area contributed by atoms with Gasteiger partial charge in [-0.2, -0.15) is 0 Å². The number of nitrogens with one attached hydrogen (secondary N) is 1. The molecule has 0 aliphatic heterocycles. The minimum atomic E-state index is -0.596. The van der Waals surface area contributed by atoms with E-state index in [9.17, 15) is 9.50 Å². The summed E-state index contributed by atoms with van der Waals surface area (Å²) in [5.41, 5.74) is 7.33. The van der Waals surface area contributed by atoms with Gasteiger partial charge in [-0.05, 0) is 46.9 Å². The van der Waals surface area contributed by atoms with E-state index >= 15 is 0 Å². The Balaban J connectivity index is 1.82. The molecular formula is C21H21FN2O. The first-order valence-electron chi connectivity index (χ1n) is 8.21. The van der Waals surface area contributed by atoms with Crippen molar-refractivity contribution in [1.82, 2.24) is 0 Å². The lowest BCUT2D eigenvalue weighted by atomic mass is 9.96. The molecular weight excluding hydrogens is 315 g/mol. The molecule has 3 nitrogen and oxygen atoms in total. The Morgan fingerprint density at radius 3 is 2.32 bits per heavy atom. The second-order valence-electron chi connectivity index (χ2n) is 6.07. The van der Waals surface area contributed by atoms with Gasteiger partial charge in [-0.15, -0.1) is 0 Å². The number of benzene rings is 3. The summed E-state index contributed by atoms with van der Waals surface area (Å²) in [5.74, 6) is 5.35. The van der Waals surface area contributed by atoms with Crippen molar-refractivity contribution in [2.24, 2.45) is 5.84 Å². The predicted octanol–water partition coefficient (Wildman–Crippen LogP) is 3.98. The average molecular weight is 336 g/mol. The van der Waals surface area contributed by atoms with Crippen LogP contribution in [0.15, 0.2) is 72.8 Å². The summed E-state index contributed by atoms with van der Waals surface area (Å²) >= 11 is 0. The van der Waals surface area contributed by atoms with Crippen molar-refractivity contribution in [3.63, 3.8) is 0 Å². The SMILES string of the molecule is NNc1ccc(C(O)Cc2ccccc2)cc1Cc1ccc(F)cc1. The number of aliphatic hydroxyl groups excluding tert-OH is 1. The van der Waals surface area contributed by atoms with Crippen molar-refractivity contribution in [3.05, 3.63) is 101 Å². The average Bonchev–Trinajstić information content (AvgIpc) is 2.64. The van der Waals surface area contributed by atoms with Crippen molar-refractivity contribution in [3.8, 4) is 0 Å². The highest BCUT2D eigenvalue weighted by Crippen LogP contribution is 2.25. The van der Waals surface area contributed by atoms with Crippen LogP contribution in [0, 0.1) is 5.82 Å². The Bertz CT molecular complexity index is 819. The highest BCUT2D eigenvalue weighted by atomic mass is 19.1.